The van der Waals surface area contributed by atoms with E-state index in [9.17, 15) is 9.59 Å². The number of para-hydroxylation sites is 2. The monoisotopic (exact) mass is 390 g/mol. The molecule has 2 aromatic rings. The van der Waals surface area contributed by atoms with Crippen LogP contribution in [0.4, 0.5) is 5.69 Å². The van der Waals surface area contributed by atoms with Crippen molar-refractivity contribution in [3.63, 3.8) is 0 Å². The number of methoxy groups -OCH3 is 1. The molecule has 0 heterocycles. The summed E-state index contributed by atoms with van der Waals surface area (Å²) in [7, 11) is 1.61. The molecule has 0 aliphatic rings. The van der Waals surface area contributed by atoms with Crippen molar-refractivity contribution >= 4 is 29.1 Å². The van der Waals surface area contributed by atoms with E-state index in [-0.39, 0.29) is 11.8 Å². The Kier molecular flexibility index (Phi) is 8.10. The molecule has 1 atom stereocenters. The predicted octanol–water partition coefficient (Wildman–Crippen LogP) is 3.51. The molecule has 0 aliphatic carbocycles. The molecule has 0 saturated heterocycles. The van der Waals surface area contributed by atoms with Gasteiger partial charge in [-0.1, -0.05) is 35.9 Å². The van der Waals surface area contributed by atoms with Gasteiger partial charge in [0.1, 0.15) is 5.75 Å². The van der Waals surface area contributed by atoms with E-state index in [1.165, 1.54) is 0 Å². The fraction of sp³-hybridized carbons (Fsp3) is 0.300. The number of anilines is 1. The number of nitrogens with one attached hydrogen (secondary N) is 2. The van der Waals surface area contributed by atoms with Crippen LogP contribution in [0.3, 0.4) is 0 Å². The lowest BCUT2D eigenvalue weighted by Gasteiger charge is -2.17. The van der Waals surface area contributed by atoms with Crippen molar-refractivity contribution in [1.82, 2.24) is 5.32 Å². The summed E-state index contributed by atoms with van der Waals surface area (Å²) < 4.78 is 10.6. The molecule has 144 valence electrons. The van der Waals surface area contributed by atoms with E-state index < -0.39 is 6.10 Å². The molecule has 0 radical (unpaired) electrons. The molecule has 0 unspecified atom stereocenters. The summed E-state index contributed by atoms with van der Waals surface area (Å²) in [4.78, 5) is 24.8. The van der Waals surface area contributed by atoms with Gasteiger partial charge in [-0.15, -0.1) is 0 Å². The van der Waals surface area contributed by atoms with Crippen LogP contribution in [0.5, 0.6) is 5.75 Å². The number of benzene rings is 2. The SMILES string of the molecule is COCCCNC(=O)c1ccccc1NC(=O)[C@@H](C)Oc1ccccc1Cl. The zero-order valence-corrected chi connectivity index (χ0v) is 16.1. The van der Waals surface area contributed by atoms with Gasteiger partial charge in [-0.05, 0) is 37.6 Å². The van der Waals surface area contributed by atoms with E-state index in [1.807, 2.05) is 0 Å². The van der Waals surface area contributed by atoms with Gasteiger partial charge in [0.25, 0.3) is 11.8 Å². The van der Waals surface area contributed by atoms with Crippen molar-refractivity contribution in [2.45, 2.75) is 19.4 Å². The Hall–Kier alpha value is -2.57. The van der Waals surface area contributed by atoms with Crippen molar-refractivity contribution < 1.29 is 19.1 Å². The molecule has 2 aromatic carbocycles. The molecular formula is C20H23ClN2O4. The van der Waals surface area contributed by atoms with Crippen LogP contribution in [0.15, 0.2) is 48.5 Å². The third-order valence-corrected chi connectivity index (χ3v) is 4.06. The van der Waals surface area contributed by atoms with Gasteiger partial charge in [-0.25, -0.2) is 0 Å². The van der Waals surface area contributed by atoms with Crippen LogP contribution in [0.25, 0.3) is 0 Å². The fourth-order valence-electron chi connectivity index (χ4n) is 2.32. The predicted molar refractivity (Wildman–Crippen MR) is 105 cm³/mol. The summed E-state index contributed by atoms with van der Waals surface area (Å²) in [5, 5.41) is 5.97. The van der Waals surface area contributed by atoms with Gasteiger partial charge in [0.15, 0.2) is 6.10 Å². The van der Waals surface area contributed by atoms with Crippen molar-refractivity contribution in [3.05, 3.63) is 59.1 Å². The lowest BCUT2D eigenvalue weighted by Crippen LogP contribution is -2.32. The quantitative estimate of drug-likeness (QED) is 0.642. The van der Waals surface area contributed by atoms with Gasteiger partial charge >= 0.3 is 0 Å². The van der Waals surface area contributed by atoms with E-state index in [4.69, 9.17) is 21.1 Å². The highest BCUT2D eigenvalue weighted by molar-refractivity contribution is 6.32. The van der Waals surface area contributed by atoms with Crippen molar-refractivity contribution in [3.8, 4) is 5.75 Å². The molecule has 0 aromatic heterocycles. The van der Waals surface area contributed by atoms with E-state index in [2.05, 4.69) is 10.6 Å². The van der Waals surface area contributed by atoms with Crippen LogP contribution >= 0.6 is 11.6 Å². The molecule has 0 spiro atoms. The van der Waals surface area contributed by atoms with Crippen LogP contribution in [0, 0.1) is 0 Å². The molecule has 0 aliphatic heterocycles. The highest BCUT2D eigenvalue weighted by Crippen LogP contribution is 2.24. The van der Waals surface area contributed by atoms with Gasteiger partial charge in [0.2, 0.25) is 0 Å². The maximum absolute atomic E-state index is 12.5. The van der Waals surface area contributed by atoms with Crippen LogP contribution in [0.1, 0.15) is 23.7 Å². The lowest BCUT2D eigenvalue weighted by molar-refractivity contribution is -0.122. The number of rotatable bonds is 9. The molecule has 0 bridgehead atoms. The molecule has 2 amide bonds. The Labute approximate surface area is 163 Å². The molecule has 0 saturated carbocycles. The number of carbonyl (C=O) groups is 2. The molecule has 7 heteroatoms. The third kappa shape index (κ3) is 6.27. The van der Waals surface area contributed by atoms with Gasteiger partial charge in [-0.3, -0.25) is 9.59 Å². The Morgan fingerprint density at radius 3 is 2.56 bits per heavy atom. The summed E-state index contributed by atoms with van der Waals surface area (Å²) in [5.74, 6) is -0.220. The number of carbonyl (C=O) groups excluding carboxylic acids is 2. The molecule has 6 nitrogen and oxygen atoms in total. The van der Waals surface area contributed by atoms with E-state index in [1.54, 1.807) is 62.6 Å². The van der Waals surface area contributed by atoms with E-state index in [0.29, 0.717) is 41.6 Å². The highest BCUT2D eigenvalue weighted by Gasteiger charge is 2.19. The zero-order chi connectivity index (χ0) is 19.6. The van der Waals surface area contributed by atoms with Crippen LogP contribution < -0.4 is 15.4 Å². The first-order chi connectivity index (χ1) is 13.0. The van der Waals surface area contributed by atoms with Crippen LogP contribution in [0.2, 0.25) is 5.02 Å². The van der Waals surface area contributed by atoms with Gasteiger partial charge in [0.05, 0.1) is 16.3 Å². The second-order valence-corrected chi connectivity index (χ2v) is 6.23. The van der Waals surface area contributed by atoms with E-state index in [0.717, 1.165) is 0 Å². The van der Waals surface area contributed by atoms with Gasteiger partial charge in [-0.2, -0.15) is 0 Å². The number of halogens is 1. The second-order valence-electron chi connectivity index (χ2n) is 5.83. The molecule has 27 heavy (non-hydrogen) atoms. The second kappa shape index (κ2) is 10.5. The Balaban J connectivity index is 2.00. The first kappa shape index (κ1) is 20.7. The maximum Gasteiger partial charge on any atom is 0.265 e. The Bertz CT molecular complexity index is 782. The van der Waals surface area contributed by atoms with E-state index >= 15 is 0 Å². The Morgan fingerprint density at radius 1 is 1.11 bits per heavy atom. The molecular weight excluding hydrogens is 368 g/mol. The number of ether oxygens (including phenoxy) is 2. The minimum Gasteiger partial charge on any atom is -0.479 e. The zero-order valence-electron chi connectivity index (χ0n) is 15.3. The van der Waals surface area contributed by atoms with Crippen LogP contribution in [-0.2, 0) is 9.53 Å². The lowest BCUT2D eigenvalue weighted by atomic mass is 10.1. The normalized spacial score (nSPS) is 11.5. The summed E-state index contributed by atoms with van der Waals surface area (Å²) in [5.41, 5.74) is 0.801. The van der Waals surface area contributed by atoms with Crippen molar-refractivity contribution in [2.75, 3.05) is 25.6 Å². The largest absolute Gasteiger partial charge is 0.479 e. The smallest absolute Gasteiger partial charge is 0.265 e. The minimum atomic E-state index is -0.789. The fourth-order valence-corrected chi connectivity index (χ4v) is 2.50. The summed E-state index contributed by atoms with van der Waals surface area (Å²) in [6.07, 6.45) is -0.0813. The average molecular weight is 391 g/mol. The average Bonchev–Trinajstić information content (AvgIpc) is 2.67. The van der Waals surface area contributed by atoms with Gasteiger partial charge in [0, 0.05) is 20.3 Å². The summed E-state index contributed by atoms with van der Waals surface area (Å²) in [6, 6.07) is 13.7. The van der Waals surface area contributed by atoms with Crippen LogP contribution in [-0.4, -0.2) is 38.2 Å². The van der Waals surface area contributed by atoms with Crippen molar-refractivity contribution in [1.29, 1.82) is 0 Å². The number of amides is 2. The maximum atomic E-state index is 12.5. The summed E-state index contributed by atoms with van der Waals surface area (Å²) >= 11 is 6.05. The molecule has 2 N–H and O–H groups in total. The number of hydrogen-bond donors (Lipinski definition) is 2. The van der Waals surface area contributed by atoms with Crippen molar-refractivity contribution in [2.24, 2.45) is 0 Å². The molecule has 2 rings (SSSR count). The minimum absolute atomic E-state index is 0.262. The molecule has 0 fully saturated rings. The third-order valence-electron chi connectivity index (χ3n) is 3.75. The first-order valence-corrected chi connectivity index (χ1v) is 8.99. The summed E-state index contributed by atoms with van der Waals surface area (Å²) in [6.45, 7) is 2.67. The topological polar surface area (TPSA) is 76.7 Å². The standard InChI is InChI=1S/C20H23ClN2O4/c1-14(27-18-11-6-4-9-16(18)21)19(24)23-17-10-5-3-8-15(17)20(25)22-12-7-13-26-2/h3-6,8-11,14H,7,12-13H2,1-2H3,(H,22,25)(H,23,24)/t14-/m1/s1. The number of hydrogen-bond acceptors (Lipinski definition) is 4. The van der Waals surface area contributed by atoms with Gasteiger partial charge < -0.3 is 20.1 Å². The first-order valence-electron chi connectivity index (χ1n) is 8.61. The highest BCUT2D eigenvalue weighted by atomic mass is 35.5. The Morgan fingerprint density at radius 2 is 1.81 bits per heavy atom.